The fourth-order valence-corrected chi connectivity index (χ4v) is 5.02. The van der Waals surface area contributed by atoms with Crippen LogP contribution in [-0.4, -0.2) is 54.5 Å². The van der Waals surface area contributed by atoms with Crippen LogP contribution in [0.2, 0.25) is 0 Å². The summed E-state index contributed by atoms with van der Waals surface area (Å²) < 4.78 is 42.3. The van der Waals surface area contributed by atoms with Crippen molar-refractivity contribution in [1.29, 1.82) is 0 Å². The molecule has 2 heterocycles. The van der Waals surface area contributed by atoms with E-state index in [0.29, 0.717) is 23.6 Å². The highest BCUT2D eigenvalue weighted by molar-refractivity contribution is 8.13. The second kappa shape index (κ2) is 9.62. The van der Waals surface area contributed by atoms with Gasteiger partial charge in [0, 0.05) is 17.4 Å². The van der Waals surface area contributed by atoms with E-state index in [4.69, 9.17) is 9.47 Å². The molecule has 0 fully saturated rings. The summed E-state index contributed by atoms with van der Waals surface area (Å²) in [5, 5.41) is 12.7. The minimum atomic E-state index is -2.89. The second-order valence-corrected chi connectivity index (χ2v) is 8.04. The Morgan fingerprint density at radius 3 is 2.45 bits per heavy atom. The van der Waals surface area contributed by atoms with Crippen LogP contribution in [-0.2, 0) is 5.72 Å². The van der Waals surface area contributed by atoms with E-state index in [2.05, 4.69) is 4.74 Å². The number of aliphatic hydroxyl groups is 1. The number of nitrogens with zero attached hydrogens (tertiary/aromatic N) is 2. The van der Waals surface area contributed by atoms with Crippen molar-refractivity contribution in [2.45, 2.75) is 18.8 Å². The standard InChI is InChI=1S/C21H23F2N2O4S.BrH/c1-27-16-8-9-18(28-2)17(12-16)24-13-21(26,25-10-3-11-30-20(24)25)14-4-6-15(7-5-14)29-19(22)23;/h4-9,12,19,26H,3,10-11,13H2,1-2H3;1H/q+1;/p-1. The zero-order valence-electron chi connectivity index (χ0n) is 17.1. The van der Waals surface area contributed by atoms with Crippen LogP contribution >= 0.6 is 11.8 Å². The third-order valence-electron chi connectivity index (χ3n) is 5.26. The van der Waals surface area contributed by atoms with Crippen LogP contribution in [0.3, 0.4) is 0 Å². The van der Waals surface area contributed by atoms with Gasteiger partial charge in [0.05, 0.1) is 20.8 Å². The first-order chi connectivity index (χ1) is 14.5. The molecule has 10 heteroatoms. The molecule has 1 unspecified atom stereocenters. The van der Waals surface area contributed by atoms with Gasteiger partial charge in [-0.05, 0) is 54.6 Å². The molecule has 0 saturated carbocycles. The summed E-state index contributed by atoms with van der Waals surface area (Å²) >= 11 is 1.67. The smallest absolute Gasteiger partial charge is 0.387 e. The first-order valence-corrected chi connectivity index (χ1v) is 10.5. The first-order valence-electron chi connectivity index (χ1n) is 9.51. The van der Waals surface area contributed by atoms with Gasteiger partial charge in [-0.3, -0.25) is 0 Å². The van der Waals surface area contributed by atoms with Gasteiger partial charge in [-0.2, -0.15) is 8.78 Å². The van der Waals surface area contributed by atoms with Crippen LogP contribution in [0.4, 0.5) is 14.5 Å². The molecular weight excluding hydrogens is 494 g/mol. The highest BCUT2D eigenvalue weighted by Crippen LogP contribution is 2.42. The molecular formula is C21H23BrF2N2O4S. The molecule has 1 N–H and O–H groups in total. The second-order valence-electron chi connectivity index (χ2n) is 6.98. The molecule has 2 aromatic rings. The summed E-state index contributed by atoms with van der Waals surface area (Å²) in [6, 6.07) is 11.7. The van der Waals surface area contributed by atoms with Gasteiger partial charge in [0.2, 0.25) is 0 Å². The summed E-state index contributed by atoms with van der Waals surface area (Å²) in [5.74, 6) is 2.34. The summed E-state index contributed by atoms with van der Waals surface area (Å²) in [6.45, 7) is -1.95. The zero-order chi connectivity index (χ0) is 21.3. The predicted molar refractivity (Wildman–Crippen MR) is 111 cm³/mol. The number of hydrogen-bond acceptors (Lipinski definition) is 6. The fraction of sp³-hybridized carbons (Fsp3) is 0.381. The Labute approximate surface area is 194 Å². The lowest BCUT2D eigenvalue weighted by Crippen LogP contribution is -3.00. The number of halogens is 3. The molecule has 1 atom stereocenters. The maximum absolute atomic E-state index is 12.5. The molecule has 31 heavy (non-hydrogen) atoms. The van der Waals surface area contributed by atoms with Crippen molar-refractivity contribution in [3.63, 3.8) is 0 Å². The van der Waals surface area contributed by atoms with Crippen molar-refractivity contribution < 1.29 is 49.7 Å². The Morgan fingerprint density at radius 1 is 1.10 bits per heavy atom. The molecule has 168 valence electrons. The average molecular weight is 517 g/mol. The molecule has 0 aliphatic carbocycles. The van der Waals surface area contributed by atoms with Crippen molar-refractivity contribution in [2.24, 2.45) is 0 Å². The molecule has 6 nitrogen and oxygen atoms in total. The minimum absolute atomic E-state index is 0. The molecule has 0 amide bonds. The highest BCUT2D eigenvalue weighted by Gasteiger charge is 2.53. The van der Waals surface area contributed by atoms with E-state index in [9.17, 15) is 13.9 Å². The number of benzene rings is 2. The van der Waals surface area contributed by atoms with Gasteiger partial charge in [-0.1, -0.05) is 0 Å². The molecule has 2 aliphatic rings. The first kappa shape index (κ1) is 23.6. The van der Waals surface area contributed by atoms with Crippen LogP contribution in [0.5, 0.6) is 17.2 Å². The lowest BCUT2D eigenvalue weighted by Gasteiger charge is -2.24. The molecule has 0 spiro atoms. The van der Waals surface area contributed by atoms with Crippen LogP contribution in [0.25, 0.3) is 0 Å². The lowest BCUT2D eigenvalue weighted by molar-refractivity contribution is -0.656. The Morgan fingerprint density at radius 2 is 1.81 bits per heavy atom. The summed E-state index contributed by atoms with van der Waals surface area (Å²) in [6.07, 6.45) is 0.923. The molecule has 0 radical (unpaired) electrons. The maximum atomic E-state index is 12.5. The summed E-state index contributed by atoms with van der Waals surface area (Å²) in [5.41, 5.74) is 0.0773. The third-order valence-corrected chi connectivity index (χ3v) is 6.45. The van der Waals surface area contributed by atoms with Gasteiger partial charge in [-0.25, -0.2) is 9.48 Å². The Hall–Kier alpha value is -2.04. The number of ether oxygens (including phenoxy) is 3. The van der Waals surface area contributed by atoms with E-state index in [-0.39, 0.29) is 29.3 Å². The van der Waals surface area contributed by atoms with Crippen molar-refractivity contribution >= 4 is 22.6 Å². The average Bonchev–Trinajstić information content (AvgIpc) is 3.07. The van der Waals surface area contributed by atoms with E-state index < -0.39 is 12.3 Å². The van der Waals surface area contributed by atoms with Crippen molar-refractivity contribution in [2.75, 3.05) is 38.0 Å². The van der Waals surface area contributed by atoms with Gasteiger partial charge < -0.3 is 36.3 Å². The number of rotatable bonds is 6. The van der Waals surface area contributed by atoms with E-state index in [1.54, 1.807) is 38.1 Å². The summed E-state index contributed by atoms with van der Waals surface area (Å²) in [7, 11) is 3.20. The SMILES string of the molecule is COc1ccc(OC)c(N2CC(O)(c3ccc(OC(F)F)cc3)[N+]3=C2SCCC3)c1.[Br-]. The van der Waals surface area contributed by atoms with E-state index >= 15 is 0 Å². The normalized spacial score (nSPS) is 20.4. The van der Waals surface area contributed by atoms with Gasteiger partial charge in [0.1, 0.15) is 11.5 Å². The quantitative estimate of drug-likeness (QED) is 0.563. The number of amidine groups is 1. The third kappa shape index (κ3) is 4.47. The minimum Gasteiger partial charge on any atom is -1.00 e. The van der Waals surface area contributed by atoms with Crippen molar-refractivity contribution in [3.8, 4) is 17.2 Å². The molecule has 2 aliphatic heterocycles. The zero-order valence-corrected chi connectivity index (χ0v) is 19.5. The maximum Gasteiger partial charge on any atom is 0.387 e. The van der Waals surface area contributed by atoms with Gasteiger partial charge >= 0.3 is 11.8 Å². The van der Waals surface area contributed by atoms with Crippen molar-refractivity contribution in [3.05, 3.63) is 48.0 Å². The lowest BCUT2D eigenvalue weighted by atomic mass is 10.0. The number of methoxy groups -OCH3 is 2. The van der Waals surface area contributed by atoms with E-state index in [1.165, 1.54) is 12.1 Å². The number of anilines is 1. The molecule has 4 rings (SSSR count). The van der Waals surface area contributed by atoms with Gasteiger partial charge in [0.15, 0.2) is 18.0 Å². The molecule has 0 bridgehead atoms. The largest absolute Gasteiger partial charge is 1.00 e. The predicted octanol–water partition coefficient (Wildman–Crippen LogP) is 0.480. The van der Waals surface area contributed by atoms with Crippen LogP contribution in [0.1, 0.15) is 12.0 Å². The number of hydrogen-bond donors (Lipinski definition) is 1. The summed E-state index contributed by atoms with van der Waals surface area (Å²) in [4.78, 5) is 2.02. The van der Waals surface area contributed by atoms with Crippen LogP contribution in [0, 0.1) is 0 Å². The Balaban J connectivity index is 0.00000272. The van der Waals surface area contributed by atoms with Gasteiger partial charge in [0.25, 0.3) is 5.72 Å². The Bertz CT molecular complexity index is 961. The number of thioether (sulfide) groups is 1. The van der Waals surface area contributed by atoms with Crippen LogP contribution < -0.4 is 36.1 Å². The van der Waals surface area contributed by atoms with Gasteiger partial charge in [-0.15, -0.1) is 0 Å². The Kier molecular flexibility index (Phi) is 7.33. The van der Waals surface area contributed by atoms with Crippen molar-refractivity contribution in [1.82, 2.24) is 0 Å². The molecule has 0 saturated heterocycles. The van der Waals surface area contributed by atoms with Crippen LogP contribution in [0.15, 0.2) is 42.5 Å². The van der Waals surface area contributed by atoms with E-state index in [1.807, 2.05) is 27.7 Å². The number of alkyl halides is 2. The molecule has 0 aromatic heterocycles. The highest BCUT2D eigenvalue weighted by atomic mass is 79.9. The monoisotopic (exact) mass is 516 g/mol. The van der Waals surface area contributed by atoms with E-state index in [0.717, 1.165) is 23.0 Å². The number of β-amino-alcohol motifs (C(OH)–C–C–N with tert-alkyl or cyclic N) is 1. The topological polar surface area (TPSA) is 54.2 Å². The molecule has 2 aromatic carbocycles. The fourth-order valence-electron chi connectivity index (χ4n) is 3.85.